The standard InChI is InChI=1S/C15H20ClNO/c1-17(11-13-9-5-6-10-14(13)16)15(18)12-7-3-2-4-8-12/h5-6,9-10,12H,2-4,7-8,11H2,1H3. The van der Waals surface area contributed by atoms with Gasteiger partial charge in [-0.3, -0.25) is 4.79 Å². The number of carbonyl (C=O) groups is 1. The molecule has 0 spiro atoms. The summed E-state index contributed by atoms with van der Waals surface area (Å²) >= 11 is 6.12. The van der Waals surface area contributed by atoms with Crippen LogP contribution in [-0.2, 0) is 11.3 Å². The van der Waals surface area contributed by atoms with Crippen LogP contribution in [-0.4, -0.2) is 17.9 Å². The van der Waals surface area contributed by atoms with Crippen molar-refractivity contribution in [2.75, 3.05) is 7.05 Å². The van der Waals surface area contributed by atoms with Crippen LogP contribution in [0.1, 0.15) is 37.7 Å². The minimum absolute atomic E-state index is 0.228. The van der Waals surface area contributed by atoms with E-state index in [1.54, 1.807) is 0 Å². The quantitative estimate of drug-likeness (QED) is 0.812. The van der Waals surface area contributed by atoms with Crippen LogP contribution in [0.25, 0.3) is 0 Å². The molecule has 2 nitrogen and oxygen atoms in total. The molecule has 1 aromatic carbocycles. The molecule has 3 heteroatoms. The summed E-state index contributed by atoms with van der Waals surface area (Å²) in [6.07, 6.45) is 5.75. The number of halogens is 1. The van der Waals surface area contributed by atoms with Gasteiger partial charge in [0.15, 0.2) is 0 Å². The van der Waals surface area contributed by atoms with Crippen molar-refractivity contribution in [3.63, 3.8) is 0 Å². The minimum Gasteiger partial charge on any atom is -0.341 e. The Labute approximate surface area is 114 Å². The molecule has 18 heavy (non-hydrogen) atoms. The van der Waals surface area contributed by atoms with Crippen LogP contribution < -0.4 is 0 Å². The summed E-state index contributed by atoms with van der Waals surface area (Å²) < 4.78 is 0. The number of nitrogens with zero attached hydrogens (tertiary/aromatic N) is 1. The van der Waals surface area contributed by atoms with Crippen LogP contribution in [0.4, 0.5) is 0 Å². The Kier molecular flexibility index (Phi) is 4.65. The second kappa shape index (κ2) is 6.24. The molecular formula is C15H20ClNO. The highest BCUT2D eigenvalue weighted by Gasteiger charge is 2.24. The summed E-state index contributed by atoms with van der Waals surface area (Å²) in [7, 11) is 1.88. The first-order valence-corrected chi connectivity index (χ1v) is 7.04. The molecule has 0 N–H and O–H groups in total. The Morgan fingerprint density at radius 2 is 1.94 bits per heavy atom. The fourth-order valence-electron chi connectivity index (χ4n) is 2.62. The van der Waals surface area contributed by atoms with Gasteiger partial charge in [0.2, 0.25) is 5.91 Å². The van der Waals surface area contributed by atoms with Crippen LogP contribution in [0.3, 0.4) is 0 Å². The summed E-state index contributed by atoms with van der Waals surface area (Å²) in [4.78, 5) is 14.1. The van der Waals surface area contributed by atoms with Crippen LogP contribution in [0, 0.1) is 5.92 Å². The van der Waals surface area contributed by atoms with E-state index in [-0.39, 0.29) is 11.8 Å². The molecule has 1 saturated carbocycles. The van der Waals surface area contributed by atoms with E-state index in [1.807, 2.05) is 36.2 Å². The van der Waals surface area contributed by atoms with Gasteiger partial charge in [0.05, 0.1) is 0 Å². The molecule has 0 aliphatic heterocycles. The summed E-state index contributed by atoms with van der Waals surface area (Å²) in [5.74, 6) is 0.501. The summed E-state index contributed by atoms with van der Waals surface area (Å²) in [5, 5.41) is 0.737. The number of amides is 1. The molecule has 98 valence electrons. The molecule has 1 fully saturated rings. The van der Waals surface area contributed by atoms with Crippen molar-refractivity contribution in [2.45, 2.75) is 38.6 Å². The molecule has 0 atom stereocenters. The van der Waals surface area contributed by atoms with Crippen molar-refractivity contribution in [3.05, 3.63) is 34.9 Å². The first kappa shape index (κ1) is 13.4. The largest absolute Gasteiger partial charge is 0.341 e. The number of carbonyl (C=O) groups excluding carboxylic acids is 1. The van der Waals surface area contributed by atoms with Crippen LogP contribution >= 0.6 is 11.6 Å². The maximum atomic E-state index is 12.3. The molecule has 2 rings (SSSR count). The van der Waals surface area contributed by atoms with Gasteiger partial charge < -0.3 is 4.90 Å². The minimum atomic E-state index is 0.228. The maximum Gasteiger partial charge on any atom is 0.225 e. The van der Waals surface area contributed by atoms with Gasteiger partial charge in [-0.05, 0) is 24.5 Å². The fourth-order valence-corrected chi connectivity index (χ4v) is 2.82. The zero-order valence-electron chi connectivity index (χ0n) is 10.9. The number of rotatable bonds is 3. The summed E-state index contributed by atoms with van der Waals surface area (Å²) in [6.45, 7) is 0.606. The summed E-state index contributed by atoms with van der Waals surface area (Å²) in [5.41, 5.74) is 1.02. The number of hydrogen-bond donors (Lipinski definition) is 0. The predicted octanol–water partition coefficient (Wildman–Crippen LogP) is 3.88. The molecule has 0 radical (unpaired) electrons. The average Bonchev–Trinajstić information content (AvgIpc) is 2.41. The normalized spacial score (nSPS) is 16.6. The van der Waals surface area contributed by atoms with Crippen molar-refractivity contribution in [2.24, 2.45) is 5.92 Å². The summed E-state index contributed by atoms with van der Waals surface area (Å²) in [6, 6.07) is 7.72. The molecule has 1 amide bonds. The molecule has 0 unspecified atom stereocenters. The third kappa shape index (κ3) is 3.26. The second-order valence-corrected chi connectivity index (χ2v) is 5.53. The molecule has 0 heterocycles. The van der Waals surface area contributed by atoms with E-state index in [4.69, 9.17) is 11.6 Å². The number of benzene rings is 1. The van der Waals surface area contributed by atoms with Gasteiger partial charge >= 0.3 is 0 Å². The molecule has 1 aromatic rings. The lowest BCUT2D eigenvalue weighted by Crippen LogP contribution is -2.33. The third-order valence-electron chi connectivity index (χ3n) is 3.70. The van der Waals surface area contributed by atoms with E-state index in [0.717, 1.165) is 23.4 Å². The van der Waals surface area contributed by atoms with Crippen molar-refractivity contribution >= 4 is 17.5 Å². The molecular weight excluding hydrogens is 246 g/mol. The van der Waals surface area contributed by atoms with Crippen LogP contribution in [0.15, 0.2) is 24.3 Å². The van der Waals surface area contributed by atoms with Crippen molar-refractivity contribution in [1.29, 1.82) is 0 Å². The van der Waals surface area contributed by atoms with Crippen LogP contribution in [0.5, 0.6) is 0 Å². The topological polar surface area (TPSA) is 20.3 Å². The van der Waals surface area contributed by atoms with Crippen molar-refractivity contribution < 1.29 is 4.79 Å². The fraction of sp³-hybridized carbons (Fsp3) is 0.533. The lowest BCUT2D eigenvalue weighted by Gasteiger charge is -2.26. The monoisotopic (exact) mass is 265 g/mol. The van der Waals surface area contributed by atoms with E-state index in [2.05, 4.69) is 0 Å². The van der Waals surface area contributed by atoms with Gasteiger partial charge in [-0.1, -0.05) is 49.1 Å². The van der Waals surface area contributed by atoms with Gasteiger partial charge in [-0.2, -0.15) is 0 Å². The Hall–Kier alpha value is -1.02. The third-order valence-corrected chi connectivity index (χ3v) is 4.06. The highest BCUT2D eigenvalue weighted by atomic mass is 35.5. The maximum absolute atomic E-state index is 12.3. The molecule has 0 bridgehead atoms. The SMILES string of the molecule is CN(Cc1ccccc1Cl)C(=O)C1CCCCC1. The van der Waals surface area contributed by atoms with E-state index in [9.17, 15) is 4.79 Å². The van der Waals surface area contributed by atoms with Crippen LogP contribution in [0.2, 0.25) is 5.02 Å². The van der Waals surface area contributed by atoms with Gasteiger partial charge in [0, 0.05) is 24.5 Å². The zero-order chi connectivity index (χ0) is 13.0. The second-order valence-electron chi connectivity index (χ2n) is 5.12. The molecule has 1 aliphatic carbocycles. The van der Waals surface area contributed by atoms with Crippen molar-refractivity contribution in [3.8, 4) is 0 Å². The molecule has 0 aromatic heterocycles. The Balaban J connectivity index is 1.96. The van der Waals surface area contributed by atoms with E-state index in [0.29, 0.717) is 6.54 Å². The van der Waals surface area contributed by atoms with E-state index < -0.39 is 0 Å². The van der Waals surface area contributed by atoms with E-state index >= 15 is 0 Å². The lowest BCUT2D eigenvalue weighted by atomic mass is 9.88. The first-order valence-electron chi connectivity index (χ1n) is 6.67. The van der Waals surface area contributed by atoms with Gasteiger partial charge in [0.1, 0.15) is 0 Å². The number of hydrogen-bond acceptors (Lipinski definition) is 1. The van der Waals surface area contributed by atoms with Gasteiger partial charge in [-0.25, -0.2) is 0 Å². The van der Waals surface area contributed by atoms with E-state index in [1.165, 1.54) is 19.3 Å². The predicted molar refractivity (Wildman–Crippen MR) is 74.5 cm³/mol. The first-order chi connectivity index (χ1) is 8.68. The Bertz CT molecular complexity index is 413. The molecule has 1 aliphatic rings. The van der Waals surface area contributed by atoms with Gasteiger partial charge in [-0.15, -0.1) is 0 Å². The van der Waals surface area contributed by atoms with Crippen molar-refractivity contribution in [1.82, 2.24) is 4.90 Å². The molecule has 0 saturated heterocycles. The highest BCUT2D eigenvalue weighted by Crippen LogP contribution is 2.26. The van der Waals surface area contributed by atoms with Gasteiger partial charge in [0.25, 0.3) is 0 Å². The average molecular weight is 266 g/mol. The Morgan fingerprint density at radius 3 is 2.61 bits per heavy atom. The smallest absolute Gasteiger partial charge is 0.225 e. The Morgan fingerprint density at radius 1 is 1.28 bits per heavy atom. The lowest BCUT2D eigenvalue weighted by molar-refractivity contribution is -0.135. The highest BCUT2D eigenvalue weighted by molar-refractivity contribution is 6.31. The zero-order valence-corrected chi connectivity index (χ0v) is 11.6.